The van der Waals surface area contributed by atoms with Crippen LogP contribution in [-0.4, -0.2) is 36.2 Å². The van der Waals surface area contributed by atoms with Gasteiger partial charge < -0.3 is 19.7 Å². The topological polar surface area (TPSA) is 109 Å². The van der Waals surface area contributed by atoms with E-state index in [4.69, 9.17) is 4.42 Å². The smallest absolute Gasteiger partial charge is 0.322 e. The Labute approximate surface area is 172 Å². The fraction of sp³-hybridized carbons (Fsp3) is 0.143. The number of furan rings is 1. The van der Waals surface area contributed by atoms with Gasteiger partial charge in [0.15, 0.2) is 5.82 Å². The maximum Gasteiger partial charge on any atom is 0.322 e. The second-order valence-electron chi connectivity index (χ2n) is 6.74. The van der Waals surface area contributed by atoms with Crippen molar-refractivity contribution in [3.05, 3.63) is 78.3 Å². The van der Waals surface area contributed by atoms with Crippen molar-refractivity contribution in [2.75, 3.05) is 5.32 Å². The van der Waals surface area contributed by atoms with Crippen molar-refractivity contribution < 1.29 is 14.3 Å². The molecule has 0 aliphatic rings. The molecule has 0 spiro atoms. The first kappa shape index (κ1) is 19.2. The van der Waals surface area contributed by atoms with Gasteiger partial charge in [0.2, 0.25) is 0 Å². The minimum atomic E-state index is -0.285. The normalized spacial score (nSPS) is 10.7. The highest BCUT2D eigenvalue weighted by Crippen LogP contribution is 2.21. The first-order valence-corrected chi connectivity index (χ1v) is 9.27. The van der Waals surface area contributed by atoms with E-state index in [1.54, 1.807) is 59.3 Å². The number of carbonyl (C=O) groups excluding carboxylic acids is 1. The van der Waals surface area contributed by atoms with Gasteiger partial charge in [0, 0.05) is 24.8 Å². The summed E-state index contributed by atoms with van der Waals surface area (Å²) in [5.74, 6) is 1.45. The monoisotopic (exact) mass is 404 g/mol. The Bertz CT molecular complexity index is 1120. The van der Waals surface area contributed by atoms with Crippen molar-refractivity contribution in [3.63, 3.8) is 0 Å². The number of aromatic nitrogens is 4. The number of anilines is 1. The van der Waals surface area contributed by atoms with Crippen LogP contribution in [0.5, 0.6) is 5.75 Å². The van der Waals surface area contributed by atoms with E-state index in [2.05, 4.69) is 20.8 Å². The van der Waals surface area contributed by atoms with Crippen LogP contribution in [0.25, 0.3) is 11.4 Å². The number of hydrogen-bond donors (Lipinski definition) is 2. The Morgan fingerprint density at radius 1 is 1.13 bits per heavy atom. The summed E-state index contributed by atoms with van der Waals surface area (Å²) >= 11 is 0. The Hall–Kier alpha value is -4.14. The molecule has 0 fully saturated rings. The molecule has 0 aliphatic carbocycles. The summed E-state index contributed by atoms with van der Waals surface area (Å²) in [6.45, 7) is 0.645. The van der Waals surface area contributed by atoms with Crippen molar-refractivity contribution in [2.45, 2.75) is 13.1 Å². The summed E-state index contributed by atoms with van der Waals surface area (Å²) in [5, 5.41) is 23.9. The van der Waals surface area contributed by atoms with Gasteiger partial charge >= 0.3 is 6.03 Å². The lowest BCUT2D eigenvalue weighted by molar-refractivity contribution is 0.201. The van der Waals surface area contributed by atoms with Crippen molar-refractivity contribution in [3.8, 4) is 17.1 Å². The van der Waals surface area contributed by atoms with Crippen LogP contribution in [0, 0.1) is 0 Å². The average molecular weight is 404 g/mol. The number of amides is 2. The van der Waals surface area contributed by atoms with Crippen LogP contribution in [0.4, 0.5) is 10.5 Å². The zero-order chi connectivity index (χ0) is 20.9. The van der Waals surface area contributed by atoms with E-state index in [-0.39, 0.29) is 11.8 Å². The molecule has 0 radical (unpaired) electrons. The number of benzene rings is 2. The highest BCUT2D eigenvalue weighted by atomic mass is 16.3. The lowest BCUT2D eigenvalue weighted by atomic mass is 10.2. The molecule has 2 aromatic heterocycles. The van der Waals surface area contributed by atoms with Gasteiger partial charge in [-0.25, -0.2) is 9.48 Å². The lowest BCUT2D eigenvalue weighted by Crippen LogP contribution is -2.34. The Morgan fingerprint density at radius 3 is 2.67 bits per heavy atom. The third kappa shape index (κ3) is 4.46. The van der Waals surface area contributed by atoms with Crippen molar-refractivity contribution >= 4 is 11.7 Å². The number of nitrogens with zero attached hydrogens (tertiary/aromatic N) is 5. The number of nitrogens with one attached hydrogen (secondary N) is 1. The number of urea groups is 1. The van der Waals surface area contributed by atoms with E-state index >= 15 is 0 Å². The zero-order valence-corrected chi connectivity index (χ0v) is 16.3. The number of tetrazole rings is 1. The number of rotatable bonds is 6. The van der Waals surface area contributed by atoms with Crippen molar-refractivity contribution in [1.82, 2.24) is 25.1 Å². The molecule has 152 valence electrons. The standard InChI is InChI=1S/C21H20N6O3/c1-26-20(23-24-25-26)16-4-2-5-17(12-16)22-21(29)27(14-19-6-3-11-30-19)13-15-7-9-18(28)10-8-15/h2-12,28H,13-14H2,1H3,(H,22,29). The molecule has 2 aromatic carbocycles. The maximum atomic E-state index is 13.1. The van der Waals surface area contributed by atoms with Crippen LogP contribution in [0.1, 0.15) is 11.3 Å². The molecule has 0 aliphatic heterocycles. The van der Waals surface area contributed by atoms with Crippen LogP contribution in [0.2, 0.25) is 0 Å². The zero-order valence-electron chi connectivity index (χ0n) is 16.3. The molecule has 0 bridgehead atoms. The van der Waals surface area contributed by atoms with Crippen LogP contribution in [-0.2, 0) is 20.1 Å². The van der Waals surface area contributed by atoms with Crippen LogP contribution < -0.4 is 5.32 Å². The summed E-state index contributed by atoms with van der Waals surface area (Å²) in [4.78, 5) is 14.7. The Morgan fingerprint density at radius 2 is 1.97 bits per heavy atom. The number of phenolic OH excluding ortho intramolecular Hbond substituents is 1. The number of aromatic hydroxyl groups is 1. The molecular weight excluding hydrogens is 384 g/mol. The van der Waals surface area contributed by atoms with Gasteiger partial charge in [-0.15, -0.1) is 5.10 Å². The minimum Gasteiger partial charge on any atom is -0.508 e. The number of hydrogen-bond acceptors (Lipinski definition) is 6. The molecule has 2 N–H and O–H groups in total. The second kappa shape index (κ2) is 8.48. The molecule has 0 atom stereocenters. The SMILES string of the molecule is Cn1nnnc1-c1cccc(NC(=O)N(Cc2ccc(O)cc2)Cc2ccco2)c1. The third-order valence-electron chi connectivity index (χ3n) is 4.52. The fourth-order valence-electron chi connectivity index (χ4n) is 3.02. The molecular formula is C21H20N6O3. The molecule has 9 heteroatoms. The summed E-state index contributed by atoms with van der Waals surface area (Å²) in [6, 6.07) is 17.4. The van der Waals surface area contributed by atoms with E-state index in [1.165, 1.54) is 0 Å². The van der Waals surface area contributed by atoms with Crippen LogP contribution >= 0.6 is 0 Å². The predicted molar refractivity (Wildman–Crippen MR) is 109 cm³/mol. The summed E-state index contributed by atoms with van der Waals surface area (Å²) < 4.78 is 6.98. The fourth-order valence-corrected chi connectivity index (χ4v) is 3.02. The summed E-state index contributed by atoms with van der Waals surface area (Å²) in [7, 11) is 1.75. The quantitative estimate of drug-likeness (QED) is 0.510. The lowest BCUT2D eigenvalue weighted by Gasteiger charge is -2.22. The van der Waals surface area contributed by atoms with Crippen molar-refractivity contribution in [1.29, 1.82) is 0 Å². The average Bonchev–Trinajstić information content (AvgIpc) is 3.41. The highest BCUT2D eigenvalue weighted by Gasteiger charge is 2.17. The first-order chi connectivity index (χ1) is 14.6. The van der Waals surface area contributed by atoms with E-state index < -0.39 is 0 Å². The van der Waals surface area contributed by atoms with Gasteiger partial charge in [-0.2, -0.15) is 0 Å². The van der Waals surface area contributed by atoms with Crippen LogP contribution in [0.3, 0.4) is 0 Å². The maximum absolute atomic E-state index is 13.1. The van der Waals surface area contributed by atoms with Gasteiger partial charge in [-0.3, -0.25) is 0 Å². The van der Waals surface area contributed by atoms with Crippen LogP contribution in [0.15, 0.2) is 71.3 Å². The highest BCUT2D eigenvalue weighted by molar-refractivity contribution is 5.90. The molecule has 4 aromatic rings. The number of carbonyl (C=O) groups is 1. The van der Waals surface area contributed by atoms with Gasteiger partial charge in [0.25, 0.3) is 0 Å². The van der Waals surface area contributed by atoms with E-state index in [0.29, 0.717) is 30.4 Å². The molecule has 9 nitrogen and oxygen atoms in total. The van der Waals surface area contributed by atoms with E-state index in [0.717, 1.165) is 11.1 Å². The van der Waals surface area contributed by atoms with E-state index in [1.807, 2.05) is 24.3 Å². The summed E-state index contributed by atoms with van der Waals surface area (Å²) in [5.41, 5.74) is 2.29. The largest absolute Gasteiger partial charge is 0.508 e. The molecule has 0 saturated heterocycles. The predicted octanol–water partition coefficient (Wildman–Crippen LogP) is 3.41. The van der Waals surface area contributed by atoms with E-state index in [9.17, 15) is 9.90 Å². The number of aryl methyl sites for hydroxylation is 1. The molecule has 4 rings (SSSR count). The van der Waals surface area contributed by atoms with Crippen molar-refractivity contribution in [2.24, 2.45) is 7.05 Å². The van der Waals surface area contributed by atoms with Gasteiger partial charge in [-0.1, -0.05) is 24.3 Å². The Kier molecular flexibility index (Phi) is 5.42. The Balaban J connectivity index is 1.54. The number of phenols is 1. The first-order valence-electron chi connectivity index (χ1n) is 9.27. The second-order valence-corrected chi connectivity index (χ2v) is 6.74. The molecule has 0 saturated carbocycles. The summed E-state index contributed by atoms with van der Waals surface area (Å²) in [6.07, 6.45) is 1.57. The van der Waals surface area contributed by atoms with Gasteiger partial charge in [0.05, 0.1) is 12.8 Å². The molecule has 2 heterocycles. The minimum absolute atomic E-state index is 0.177. The molecule has 0 unspecified atom stereocenters. The third-order valence-corrected chi connectivity index (χ3v) is 4.52. The molecule has 30 heavy (non-hydrogen) atoms. The van der Waals surface area contributed by atoms with Gasteiger partial charge in [-0.05, 0) is 52.4 Å². The van der Waals surface area contributed by atoms with Gasteiger partial charge in [0.1, 0.15) is 11.5 Å². The molecule has 2 amide bonds.